The molecular weight excluding hydrogens is 389 g/mol. The summed E-state index contributed by atoms with van der Waals surface area (Å²) in [5, 5.41) is 13.2. The molecule has 10 nitrogen and oxygen atoms in total. The van der Waals surface area contributed by atoms with Crippen LogP contribution in [0.5, 0.6) is 0 Å². The van der Waals surface area contributed by atoms with Crippen molar-refractivity contribution in [1.29, 1.82) is 0 Å². The lowest BCUT2D eigenvalue weighted by molar-refractivity contribution is -0.384. The van der Waals surface area contributed by atoms with Crippen LogP contribution in [0.25, 0.3) is 11.1 Å². The number of hydrogen-bond donors (Lipinski definition) is 1. The van der Waals surface area contributed by atoms with E-state index in [0.717, 1.165) is 10.6 Å². The lowest BCUT2D eigenvalue weighted by Gasteiger charge is -2.07. The number of carbonyl (C=O) groups is 2. The summed E-state index contributed by atoms with van der Waals surface area (Å²) in [6.07, 6.45) is -0.227. The maximum atomic E-state index is 12.8. The minimum atomic E-state index is -0.776. The van der Waals surface area contributed by atoms with Crippen LogP contribution in [-0.4, -0.2) is 28.0 Å². The Morgan fingerprint density at radius 3 is 2.62 bits per heavy atom. The highest BCUT2D eigenvalue weighted by Crippen LogP contribution is 2.20. The number of aromatic nitrogens is 1. The van der Waals surface area contributed by atoms with Crippen LogP contribution in [0, 0.1) is 15.9 Å². The highest BCUT2D eigenvalue weighted by molar-refractivity contribution is 5.92. The van der Waals surface area contributed by atoms with Gasteiger partial charge in [0.05, 0.1) is 22.9 Å². The predicted octanol–water partition coefficient (Wildman–Crippen LogP) is 2.21. The zero-order valence-corrected chi connectivity index (χ0v) is 14.8. The molecule has 0 bridgehead atoms. The van der Waals surface area contributed by atoms with Gasteiger partial charge in [0.25, 0.3) is 11.6 Å². The number of aryl methyl sites for hydroxylation is 1. The Hall–Kier alpha value is -4.02. The molecule has 0 aliphatic heterocycles. The van der Waals surface area contributed by atoms with E-state index >= 15 is 0 Å². The van der Waals surface area contributed by atoms with Crippen LogP contribution < -0.4 is 11.1 Å². The van der Waals surface area contributed by atoms with E-state index in [9.17, 15) is 28.9 Å². The van der Waals surface area contributed by atoms with Crippen LogP contribution in [0.2, 0.25) is 0 Å². The topological polar surface area (TPSA) is 134 Å². The highest BCUT2D eigenvalue weighted by atomic mass is 19.1. The zero-order valence-electron chi connectivity index (χ0n) is 14.8. The van der Waals surface area contributed by atoms with Gasteiger partial charge >= 0.3 is 11.7 Å². The van der Waals surface area contributed by atoms with E-state index in [1.165, 1.54) is 36.4 Å². The number of rotatable bonds is 7. The van der Waals surface area contributed by atoms with Crippen molar-refractivity contribution in [1.82, 2.24) is 4.57 Å². The molecule has 1 aromatic heterocycles. The predicted molar refractivity (Wildman–Crippen MR) is 97.7 cm³/mol. The minimum Gasteiger partial charge on any atom is -0.456 e. The molecular formula is C18H14FN3O7. The summed E-state index contributed by atoms with van der Waals surface area (Å²) in [6.45, 7) is -0.647. The van der Waals surface area contributed by atoms with Crippen molar-refractivity contribution in [3.8, 4) is 0 Å². The summed E-state index contributed by atoms with van der Waals surface area (Å²) < 4.78 is 23.8. The van der Waals surface area contributed by atoms with Gasteiger partial charge in [0, 0.05) is 18.3 Å². The molecule has 0 aliphatic rings. The number of ether oxygens (including phenoxy) is 1. The molecule has 3 aromatic rings. The number of fused-ring (bicyclic) bond motifs is 1. The number of amides is 1. The Morgan fingerprint density at radius 1 is 1.21 bits per heavy atom. The quantitative estimate of drug-likeness (QED) is 0.363. The second-order valence-electron chi connectivity index (χ2n) is 5.89. The van der Waals surface area contributed by atoms with Crippen LogP contribution in [-0.2, 0) is 20.9 Å². The molecule has 0 radical (unpaired) electrons. The van der Waals surface area contributed by atoms with Crippen molar-refractivity contribution >= 4 is 34.4 Å². The molecule has 3 rings (SSSR count). The summed E-state index contributed by atoms with van der Waals surface area (Å²) in [4.78, 5) is 45.7. The van der Waals surface area contributed by atoms with Crippen LogP contribution in [0.3, 0.4) is 0 Å². The van der Waals surface area contributed by atoms with Gasteiger partial charge in [-0.15, -0.1) is 0 Å². The van der Waals surface area contributed by atoms with Gasteiger partial charge in [-0.1, -0.05) is 0 Å². The van der Waals surface area contributed by atoms with Crippen LogP contribution in [0.1, 0.15) is 6.42 Å². The molecule has 0 saturated carbocycles. The van der Waals surface area contributed by atoms with Crippen molar-refractivity contribution in [3.05, 3.63) is 68.9 Å². The molecule has 0 unspecified atom stereocenters. The molecule has 2 aromatic carbocycles. The Morgan fingerprint density at radius 2 is 1.93 bits per heavy atom. The van der Waals surface area contributed by atoms with Crippen molar-refractivity contribution in [2.45, 2.75) is 13.0 Å². The molecule has 1 heterocycles. The number of nitro benzene ring substituents is 1. The average Bonchev–Trinajstić information content (AvgIpc) is 3.00. The molecule has 0 fully saturated rings. The number of halogens is 1. The van der Waals surface area contributed by atoms with Crippen molar-refractivity contribution < 1.29 is 28.1 Å². The Balaban J connectivity index is 1.54. The molecule has 11 heteroatoms. The molecule has 0 saturated heterocycles. The van der Waals surface area contributed by atoms with Crippen LogP contribution >= 0.6 is 0 Å². The number of nitrogens with zero attached hydrogens (tertiary/aromatic N) is 2. The van der Waals surface area contributed by atoms with Crippen LogP contribution in [0.15, 0.2) is 51.7 Å². The number of carbonyl (C=O) groups excluding carboxylic acids is 2. The molecule has 150 valence electrons. The van der Waals surface area contributed by atoms with Crippen molar-refractivity contribution in [2.75, 3.05) is 11.9 Å². The first-order valence-electron chi connectivity index (χ1n) is 8.32. The van der Waals surface area contributed by atoms with Gasteiger partial charge in [-0.2, -0.15) is 0 Å². The number of anilines is 1. The third kappa shape index (κ3) is 4.83. The number of esters is 1. The summed E-state index contributed by atoms with van der Waals surface area (Å²) in [5.74, 6) is -2.57. The van der Waals surface area contributed by atoms with Gasteiger partial charge in [0.2, 0.25) is 0 Å². The molecule has 0 aliphatic carbocycles. The van der Waals surface area contributed by atoms with Gasteiger partial charge in [0.1, 0.15) is 5.82 Å². The smallest absolute Gasteiger partial charge is 0.419 e. The van der Waals surface area contributed by atoms with Crippen LogP contribution in [0.4, 0.5) is 15.8 Å². The van der Waals surface area contributed by atoms with E-state index in [0.29, 0.717) is 11.2 Å². The molecule has 1 amide bonds. The summed E-state index contributed by atoms with van der Waals surface area (Å²) >= 11 is 0. The fourth-order valence-corrected chi connectivity index (χ4v) is 2.53. The first-order chi connectivity index (χ1) is 13.8. The Bertz CT molecular complexity index is 1130. The van der Waals surface area contributed by atoms with Crippen molar-refractivity contribution in [3.63, 3.8) is 0 Å². The minimum absolute atomic E-state index is 0.0243. The second kappa shape index (κ2) is 8.33. The van der Waals surface area contributed by atoms with Gasteiger partial charge < -0.3 is 14.5 Å². The largest absolute Gasteiger partial charge is 0.456 e. The second-order valence-corrected chi connectivity index (χ2v) is 5.89. The summed E-state index contributed by atoms with van der Waals surface area (Å²) in [5.41, 5.74) is 0.432. The fourth-order valence-electron chi connectivity index (χ4n) is 2.53. The van der Waals surface area contributed by atoms with E-state index in [1.807, 2.05) is 0 Å². The maximum Gasteiger partial charge on any atom is 0.419 e. The van der Waals surface area contributed by atoms with E-state index in [-0.39, 0.29) is 24.2 Å². The number of nitro groups is 1. The van der Waals surface area contributed by atoms with Gasteiger partial charge in [-0.3, -0.25) is 24.3 Å². The number of oxazole rings is 1. The maximum absolute atomic E-state index is 12.8. The molecule has 29 heavy (non-hydrogen) atoms. The monoisotopic (exact) mass is 403 g/mol. The highest BCUT2D eigenvalue weighted by Gasteiger charge is 2.15. The third-order valence-corrected chi connectivity index (χ3v) is 3.89. The van der Waals surface area contributed by atoms with Gasteiger partial charge in [-0.05, 0) is 30.3 Å². The van der Waals surface area contributed by atoms with Gasteiger partial charge in [-0.25, -0.2) is 9.18 Å². The average molecular weight is 403 g/mol. The lowest BCUT2D eigenvalue weighted by Crippen LogP contribution is -2.22. The SMILES string of the molecule is O=C(COC(=O)CCn1c(=O)oc2cc([N+](=O)[O-])ccc21)Nc1ccc(F)cc1. The first-order valence-corrected chi connectivity index (χ1v) is 8.32. The molecule has 0 spiro atoms. The standard InChI is InChI=1S/C18H14FN3O7/c19-11-1-3-12(4-2-11)20-16(23)10-28-17(24)7-8-21-14-6-5-13(22(26)27)9-15(14)29-18(21)25/h1-6,9H,7-8,10H2,(H,20,23). The Kier molecular flexibility index (Phi) is 5.67. The van der Waals surface area contributed by atoms with E-state index in [4.69, 9.17) is 9.15 Å². The summed E-state index contributed by atoms with van der Waals surface area (Å²) in [6, 6.07) is 8.73. The summed E-state index contributed by atoms with van der Waals surface area (Å²) in [7, 11) is 0. The van der Waals surface area contributed by atoms with E-state index in [2.05, 4.69) is 5.32 Å². The number of nitrogens with one attached hydrogen (secondary N) is 1. The van der Waals surface area contributed by atoms with Crippen molar-refractivity contribution in [2.24, 2.45) is 0 Å². The number of benzene rings is 2. The molecule has 0 atom stereocenters. The zero-order chi connectivity index (χ0) is 21.0. The number of non-ortho nitro benzene ring substituents is 1. The van der Waals surface area contributed by atoms with Gasteiger partial charge in [0.15, 0.2) is 12.2 Å². The molecule has 1 N–H and O–H groups in total. The first kappa shape index (κ1) is 19.7. The normalized spacial score (nSPS) is 10.7. The lowest BCUT2D eigenvalue weighted by atomic mass is 10.3. The number of hydrogen-bond acceptors (Lipinski definition) is 7. The van der Waals surface area contributed by atoms with E-state index in [1.54, 1.807) is 0 Å². The Labute approximate surface area is 161 Å². The third-order valence-electron chi connectivity index (χ3n) is 3.89. The fraction of sp³-hybridized carbons (Fsp3) is 0.167. The van der Waals surface area contributed by atoms with E-state index < -0.39 is 35.0 Å².